The fourth-order valence-electron chi connectivity index (χ4n) is 2.28. The fraction of sp³-hybridized carbons (Fsp3) is 0.250. The number of rotatable bonds is 8. The summed E-state index contributed by atoms with van der Waals surface area (Å²) in [5, 5.41) is 16.4. The van der Waals surface area contributed by atoms with Crippen LogP contribution in [-0.4, -0.2) is 40.5 Å². The summed E-state index contributed by atoms with van der Waals surface area (Å²) in [7, 11) is 0. The van der Waals surface area contributed by atoms with Crippen molar-refractivity contribution >= 4 is 23.0 Å². The zero-order chi connectivity index (χ0) is 19.5. The first-order valence-corrected chi connectivity index (χ1v) is 9.34. The van der Waals surface area contributed by atoms with Crippen molar-refractivity contribution in [3.63, 3.8) is 0 Å². The number of hydrogen-bond acceptors (Lipinski definition) is 6. The zero-order valence-electron chi connectivity index (χ0n) is 15.6. The second-order valence-electron chi connectivity index (χ2n) is 5.24. The normalized spacial score (nSPS) is 15.1. The number of thioether (sulfide) groups is 1. The third-order valence-electron chi connectivity index (χ3n) is 3.37. The summed E-state index contributed by atoms with van der Waals surface area (Å²) in [5.74, 6) is 1.13. The van der Waals surface area contributed by atoms with Crippen LogP contribution in [0.25, 0.3) is 0 Å². The third kappa shape index (κ3) is 5.36. The van der Waals surface area contributed by atoms with Crippen molar-refractivity contribution in [3.8, 4) is 6.07 Å². The minimum absolute atomic E-state index is 0.471. The predicted octanol–water partition coefficient (Wildman–Crippen LogP) is 4.45. The molecule has 1 aliphatic heterocycles. The summed E-state index contributed by atoms with van der Waals surface area (Å²) < 4.78 is 0. The van der Waals surface area contributed by atoms with Gasteiger partial charge in [-0.2, -0.15) is 15.4 Å². The van der Waals surface area contributed by atoms with Crippen molar-refractivity contribution in [2.75, 3.05) is 19.3 Å². The maximum Gasteiger partial charge on any atom is 0.153 e. The molecular weight excluding hydrogens is 342 g/mol. The van der Waals surface area contributed by atoms with Gasteiger partial charge in [-0.05, 0) is 25.7 Å². The van der Waals surface area contributed by atoms with Crippen LogP contribution in [0.2, 0.25) is 0 Å². The Balaban J connectivity index is 3.48. The summed E-state index contributed by atoms with van der Waals surface area (Å²) in [5.41, 5.74) is 1.36. The van der Waals surface area contributed by atoms with E-state index in [1.165, 1.54) is 11.8 Å². The van der Waals surface area contributed by atoms with Crippen molar-refractivity contribution in [3.05, 3.63) is 72.9 Å². The maximum absolute atomic E-state index is 9.78. The van der Waals surface area contributed by atoms with Crippen LogP contribution < -0.4 is 0 Å². The molecule has 6 heteroatoms. The van der Waals surface area contributed by atoms with E-state index in [-0.39, 0.29) is 0 Å². The van der Waals surface area contributed by atoms with Crippen LogP contribution in [0.3, 0.4) is 0 Å². The van der Waals surface area contributed by atoms with Crippen molar-refractivity contribution in [2.24, 2.45) is 10.1 Å². The van der Waals surface area contributed by atoms with Gasteiger partial charge in [0.05, 0.1) is 0 Å². The molecule has 0 aromatic carbocycles. The van der Waals surface area contributed by atoms with Crippen LogP contribution in [0, 0.1) is 11.3 Å². The Kier molecular flexibility index (Phi) is 8.96. The first-order chi connectivity index (χ1) is 12.5. The number of allylic oxidation sites excluding steroid dienone is 3. The van der Waals surface area contributed by atoms with Crippen molar-refractivity contribution in [1.29, 1.82) is 5.26 Å². The molecule has 0 aliphatic carbocycles. The summed E-state index contributed by atoms with van der Waals surface area (Å²) in [6, 6.07) is 2.28. The van der Waals surface area contributed by atoms with Gasteiger partial charge < -0.3 is 4.90 Å². The van der Waals surface area contributed by atoms with Crippen molar-refractivity contribution in [1.82, 2.24) is 9.91 Å². The Morgan fingerprint density at radius 1 is 1.46 bits per heavy atom. The lowest BCUT2D eigenvalue weighted by atomic mass is 10.2. The molecule has 0 saturated carbocycles. The molecule has 0 spiro atoms. The maximum atomic E-state index is 9.78. The second-order valence-corrected chi connectivity index (χ2v) is 6.03. The predicted molar refractivity (Wildman–Crippen MR) is 114 cm³/mol. The Hall–Kier alpha value is -2.78. The highest BCUT2D eigenvalue weighted by molar-refractivity contribution is 8.13. The smallest absolute Gasteiger partial charge is 0.153 e. The highest BCUT2D eigenvalue weighted by atomic mass is 32.2. The van der Waals surface area contributed by atoms with Gasteiger partial charge in [0.15, 0.2) is 5.82 Å². The van der Waals surface area contributed by atoms with E-state index in [4.69, 9.17) is 0 Å². The van der Waals surface area contributed by atoms with E-state index in [2.05, 4.69) is 35.9 Å². The van der Waals surface area contributed by atoms with Crippen LogP contribution in [-0.2, 0) is 0 Å². The van der Waals surface area contributed by atoms with Gasteiger partial charge in [0.1, 0.15) is 22.5 Å². The SMILES string of the molecule is C=C/C=C\C(=C)CN(C/C=C/C)C1=C(C#N)C(SC)=NC(=C)N1/N=C\C. The molecule has 26 heavy (non-hydrogen) atoms. The van der Waals surface area contributed by atoms with Gasteiger partial charge in [-0.15, -0.1) is 11.8 Å². The summed E-state index contributed by atoms with van der Waals surface area (Å²) in [6.07, 6.45) is 13.0. The molecule has 0 unspecified atom stereocenters. The van der Waals surface area contributed by atoms with E-state index in [1.54, 1.807) is 17.3 Å². The van der Waals surface area contributed by atoms with Crippen LogP contribution in [0.4, 0.5) is 0 Å². The summed E-state index contributed by atoms with van der Waals surface area (Å²) in [6.45, 7) is 16.7. The van der Waals surface area contributed by atoms with Crippen LogP contribution >= 0.6 is 11.8 Å². The van der Waals surface area contributed by atoms with Gasteiger partial charge in [-0.25, -0.2) is 4.99 Å². The number of nitrogens with zero attached hydrogens (tertiary/aromatic N) is 5. The van der Waals surface area contributed by atoms with Crippen molar-refractivity contribution < 1.29 is 0 Å². The molecule has 0 N–H and O–H groups in total. The van der Waals surface area contributed by atoms with E-state index < -0.39 is 0 Å². The molecule has 0 aromatic rings. The number of nitriles is 1. The highest BCUT2D eigenvalue weighted by Gasteiger charge is 2.29. The van der Waals surface area contributed by atoms with Crippen LogP contribution in [0.1, 0.15) is 13.8 Å². The Labute approximate surface area is 160 Å². The Morgan fingerprint density at radius 2 is 2.19 bits per heavy atom. The number of hydrazone groups is 1. The molecule has 0 saturated heterocycles. The third-order valence-corrected chi connectivity index (χ3v) is 4.05. The Morgan fingerprint density at radius 3 is 2.73 bits per heavy atom. The van der Waals surface area contributed by atoms with Crippen molar-refractivity contribution in [2.45, 2.75) is 13.8 Å². The average molecular weight is 368 g/mol. The molecule has 0 bridgehead atoms. The molecule has 1 rings (SSSR count). The molecule has 0 radical (unpaired) electrons. The first-order valence-electron chi connectivity index (χ1n) is 8.12. The lowest BCUT2D eigenvalue weighted by Crippen LogP contribution is -2.37. The standard InChI is InChI=1S/C20H25N5S/c1-7-10-12-16(4)15-24(13-11-8-2)20-18(14-21)19(26-6)23-17(5)25(20)22-9-3/h7-12H,1,4-5,13,15H2,2-3,6H3/b11-8+,12-10-,22-9-. The van der Waals surface area contributed by atoms with Crippen LogP contribution in [0.15, 0.2) is 83.0 Å². The minimum atomic E-state index is 0.471. The van der Waals surface area contributed by atoms with Gasteiger partial charge in [-0.3, -0.25) is 0 Å². The fourth-order valence-corrected chi connectivity index (χ4v) is 2.82. The quantitative estimate of drug-likeness (QED) is 0.361. The van der Waals surface area contributed by atoms with Gasteiger partial charge >= 0.3 is 0 Å². The van der Waals surface area contributed by atoms with Gasteiger partial charge in [0, 0.05) is 19.3 Å². The van der Waals surface area contributed by atoms with E-state index in [1.807, 2.05) is 49.3 Å². The summed E-state index contributed by atoms with van der Waals surface area (Å²) in [4.78, 5) is 6.46. The van der Waals surface area contributed by atoms with E-state index >= 15 is 0 Å². The Bertz CT molecular complexity index is 747. The molecular formula is C20H25N5S. The van der Waals surface area contributed by atoms with E-state index in [0.29, 0.717) is 35.3 Å². The average Bonchev–Trinajstić information content (AvgIpc) is 2.64. The molecule has 1 aliphatic rings. The van der Waals surface area contributed by atoms with E-state index in [0.717, 1.165) is 5.57 Å². The molecule has 0 aromatic heterocycles. The molecule has 136 valence electrons. The topological polar surface area (TPSA) is 55.0 Å². The van der Waals surface area contributed by atoms with Gasteiger partial charge in [-0.1, -0.05) is 50.1 Å². The molecule has 0 atom stereocenters. The minimum Gasteiger partial charge on any atom is -0.347 e. The molecule has 1 heterocycles. The molecule has 0 fully saturated rings. The van der Waals surface area contributed by atoms with Gasteiger partial charge in [0.25, 0.3) is 0 Å². The van der Waals surface area contributed by atoms with E-state index in [9.17, 15) is 5.26 Å². The summed E-state index contributed by atoms with van der Waals surface area (Å²) >= 11 is 1.42. The number of hydrogen-bond donors (Lipinski definition) is 0. The largest absolute Gasteiger partial charge is 0.347 e. The van der Waals surface area contributed by atoms with Crippen LogP contribution in [0.5, 0.6) is 0 Å². The second kappa shape index (κ2) is 11.0. The molecule has 5 nitrogen and oxygen atoms in total. The van der Waals surface area contributed by atoms with Gasteiger partial charge in [0.2, 0.25) is 0 Å². The number of aliphatic imine (C=N–C) groups is 1. The lowest BCUT2D eigenvalue weighted by molar-refractivity contribution is 0.274. The zero-order valence-corrected chi connectivity index (χ0v) is 16.5. The first kappa shape index (κ1) is 21.3. The monoisotopic (exact) mass is 367 g/mol. The highest BCUT2D eigenvalue weighted by Crippen LogP contribution is 2.30. The molecule has 0 amide bonds. The lowest BCUT2D eigenvalue weighted by Gasteiger charge is -2.35.